The molecule has 6 heteroatoms. The third-order valence-electron chi connectivity index (χ3n) is 1.09. The van der Waals surface area contributed by atoms with E-state index in [1.807, 2.05) is 5.43 Å². The maximum atomic E-state index is 10.6. The molecule has 0 aromatic heterocycles. The lowest BCUT2D eigenvalue weighted by atomic mass is 10.2. The van der Waals surface area contributed by atoms with E-state index in [9.17, 15) is 9.59 Å². The summed E-state index contributed by atoms with van der Waals surface area (Å²) in [6.45, 7) is 0. The number of hydrogen-bond acceptors (Lipinski definition) is 5. The summed E-state index contributed by atoms with van der Waals surface area (Å²) in [5.74, 6) is 3.63. The van der Waals surface area contributed by atoms with Crippen LogP contribution in [0.4, 0.5) is 0 Å². The van der Waals surface area contributed by atoms with E-state index in [0.717, 1.165) is 0 Å². The van der Waals surface area contributed by atoms with Crippen molar-refractivity contribution in [2.24, 2.45) is 11.6 Å². The van der Waals surface area contributed by atoms with Gasteiger partial charge in [0.05, 0.1) is 19.6 Å². The minimum atomic E-state index is -0.938. The van der Waals surface area contributed by atoms with Crippen molar-refractivity contribution in [1.29, 1.82) is 0 Å². The topological polar surface area (TPSA) is 107 Å². The fourth-order valence-electron chi connectivity index (χ4n) is 0.463. The standard InChI is InChI=1S/C5H11N3O3/c1-11-4(9)2-3(6)5(10)8-7/h3H,2,6-7H2,1H3,(H,8,10). The first-order valence-corrected chi connectivity index (χ1v) is 2.94. The van der Waals surface area contributed by atoms with E-state index < -0.39 is 17.9 Å². The summed E-state index contributed by atoms with van der Waals surface area (Å²) < 4.78 is 4.28. The molecule has 0 bridgehead atoms. The number of carbonyl (C=O) groups is 2. The normalized spacial score (nSPS) is 11.9. The molecule has 0 rings (SSSR count). The molecule has 0 aromatic carbocycles. The van der Waals surface area contributed by atoms with Crippen molar-refractivity contribution in [3.05, 3.63) is 0 Å². The van der Waals surface area contributed by atoms with E-state index >= 15 is 0 Å². The van der Waals surface area contributed by atoms with Crippen LogP contribution in [0.15, 0.2) is 0 Å². The molecule has 6 nitrogen and oxygen atoms in total. The first-order valence-electron chi connectivity index (χ1n) is 2.94. The number of hydrazine groups is 1. The fourth-order valence-corrected chi connectivity index (χ4v) is 0.463. The molecule has 0 aromatic rings. The van der Waals surface area contributed by atoms with Gasteiger partial charge in [0.1, 0.15) is 0 Å². The van der Waals surface area contributed by atoms with Crippen LogP contribution in [0.2, 0.25) is 0 Å². The van der Waals surface area contributed by atoms with Gasteiger partial charge in [-0.3, -0.25) is 15.0 Å². The van der Waals surface area contributed by atoms with Gasteiger partial charge in [0.25, 0.3) is 5.91 Å². The van der Waals surface area contributed by atoms with E-state index in [1.54, 1.807) is 0 Å². The lowest BCUT2D eigenvalue weighted by Crippen LogP contribution is -2.45. The van der Waals surface area contributed by atoms with Crippen LogP contribution in [0.25, 0.3) is 0 Å². The summed E-state index contributed by atoms with van der Waals surface area (Å²) in [4.78, 5) is 21.1. The van der Waals surface area contributed by atoms with Crippen LogP contribution < -0.4 is 17.0 Å². The Morgan fingerprint density at radius 3 is 2.55 bits per heavy atom. The van der Waals surface area contributed by atoms with Crippen LogP contribution in [0.5, 0.6) is 0 Å². The van der Waals surface area contributed by atoms with E-state index in [-0.39, 0.29) is 6.42 Å². The predicted octanol–water partition coefficient (Wildman–Crippen LogP) is -2.13. The number of rotatable bonds is 3. The maximum Gasteiger partial charge on any atom is 0.307 e. The van der Waals surface area contributed by atoms with Crippen LogP contribution >= 0.6 is 0 Å². The summed E-state index contributed by atoms with van der Waals surface area (Å²) in [5, 5.41) is 0. The zero-order valence-corrected chi connectivity index (χ0v) is 6.16. The minimum absolute atomic E-state index is 0.167. The molecule has 0 fully saturated rings. The lowest BCUT2D eigenvalue weighted by molar-refractivity contribution is -0.142. The molecule has 0 saturated carbocycles. The zero-order chi connectivity index (χ0) is 8.85. The highest BCUT2D eigenvalue weighted by Gasteiger charge is 2.16. The van der Waals surface area contributed by atoms with Gasteiger partial charge >= 0.3 is 5.97 Å². The third kappa shape index (κ3) is 3.54. The highest BCUT2D eigenvalue weighted by Crippen LogP contribution is 1.89. The Morgan fingerprint density at radius 1 is 1.64 bits per heavy atom. The molecule has 11 heavy (non-hydrogen) atoms. The second-order valence-electron chi connectivity index (χ2n) is 1.90. The summed E-state index contributed by atoms with van der Waals surface area (Å²) in [6, 6.07) is -0.938. The Bertz CT molecular complexity index is 159. The number of esters is 1. The molecule has 1 amide bonds. The Kier molecular flexibility index (Phi) is 4.16. The van der Waals surface area contributed by atoms with Crippen molar-refractivity contribution in [3.63, 3.8) is 0 Å². The van der Waals surface area contributed by atoms with Crippen molar-refractivity contribution in [3.8, 4) is 0 Å². The van der Waals surface area contributed by atoms with E-state index in [2.05, 4.69) is 4.74 Å². The number of carbonyl (C=O) groups excluding carboxylic acids is 2. The van der Waals surface area contributed by atoms with E-state index in [1.165, 1.54) is 7.11 Å². The minimum Gasteiger partial charge on any atom is -0.469 e. The fraction of sp³-hybridized carbons (Fsp3) is 0.600. The van der Waals surface area contributed by atoms with Gasteiger partial charge < -0.3 is 10.5 Å². The van der Waals surface area contributed by atoms with Gasteiger partial charge in [-0.25, -0.2) is 5.84 Å². The van der Waals surface area contributed by atoms with Gasteiger partial charge in [-0.1, -0.05) is 0 Å². The van der Waals surface area contributed by atoms with Gasteiger partial charge in [0.15, 0.2) is 0 Å². The van der Waals surface area contributed by atoms with Crippen molar-refractivity contribution >= 4 is 11.9 Å². The van der Waals surface area contributed by atoms with Crippen LogP contribution in [0.3, 0.4) is 0 Å². The Balaban J connectivity index is 3.77. The first-order chi connectivity index (χ1) is 5.11. The number of nitrogens with one attached hydrogen (secondary N) is 1. The van der Waals surface area contributed by atoms with Crippen molar-refractivity contribution in [1.82, 2.24) is 5.43 Å². The van der Waals surface area contributed by atoms with Crippen molar-refractivity contribution in [2.45, 2.75) is 12.5 Å². The molecule has 0 spiro atoms. The van der Waals surface area contributed by atoms with Crippen LogP contribution in [0, 0.1) is 0 Å². The Labute approximate surface area is 63.8 Å². The van der Waals surface area contributed by atoms with Gasteiger partial charge in [-0.15, -0.1) is 0 Å². The van der Waals surface area contributed by atoms with E-state index in [4.69, 9.17) is 11.6 Å². The van der Waals surface area contributed by atoms with Gasteiger partial charge in [-0.2, -0.15) is 0 Å². The smallest absolute Gasteiger partial charge is 0.307 e. The largest absolute Gasteiger partial charge is 0.469 e. The first kappa shape index (κ1) is 9.86. The number of hydrogen-bond donors (Lipinski definition) is 3. The highest BCUT2D eigenvalue weighted by molar-refractivity contribution is 5.85. The second-order valence-corrected chi connectivity index (χ2v) is 1.90. The van der Waals surface area contributed by atoms with Crippen LogP contribution in [0.1, 0.15) is 6.42 Å². The van der Waals surface area contributed by atoms with Gasteiger partial charge in [-0.05, 0) is 0 Å². The van der Waals surface area contributed by atoms with Crippen LogP contribution in [-0.2, 0) is 14.3 Å². The second kappa shape index (κ2) is 4.64. The molecule has 0 heterocycles. The number of nitrogens with two attached hydrogens (primary N) is 2. The molecule has 5 N–H and O–H groups in total. The quantitative estimate of drug-likeness (QED) is 0.189. The van der Waals surface area contributed by atoms with Crippen LogP contribution in [-0.4, -0.2) is 25.0 Å². The molecule has 0 aliphatic heterocycles. The lowest BCUT2D eigenvalue weighted by Gasteiger charge is -2.06. The average Bonchev–Trinajstić information content (AvgIpc) is 2.02. The highest BCUT2D eigenvalue weighted by atomic mass is 16.5. The molecule has 0 radical (unpaired) electrons. The molecular formula is C5H11N3O3. The molecule has 64 valence electrons. The molecule has 0 aliphatic carbocycles. The summed E-state index contributed by atoms with van der Waals surface area (Å²) in [7, 11) is 1.22. The van der Waals surface area contributed by atoms with Crippen molar-refractivity contribution in [2.75, 3.05) is 7.11 Å². The molecule has 1 unspecified atom stereocenters. The molecule has 0 saturated heterocycles. The molecular weight excluding hydrogens is 150 g/mol. The van der Waals surface area contributed by atoms with Gasteiger partial charge in [0, 0.05) is 0 Å². The molecule has 1 atom stereocenters. The Morgan fingerprint density at radius 2 is 2.18 bits per heavy atom. The zero-order valence-electron chi connectivity index (χ0n) is 6.16. The van der Waals surface area contributed by atoms with Crippen molar-refractivity contribution < 1.29 is 14.3 Å². The third-order valence-corrected chi connectivity index (χ3v) is 1.09. The summed E-state index contributed by atoms with van der Waals surface area (Å²) in [6.07, 6.45) is -0.167. The van der Waals surface area contributed by atoms with Gasteiger partial charge in [0.2, 0.25) is 0 Å². The van der Waals surface area contributed by atoms with E-state index in [0.29, 0.717) is 0 Å². The monoisotopic (exact) mass is 161 g/mol. The number of ether oxygens (including phenoxy) is 1. The number of methoxy groups -OCH3 is 1. The maximum absolute atomic E-state index is 10.6. The predicted molar refractivity (Wildman–Crippen MR) is 36.9 cm³/mol. The molecule has 0 aliphatic rings. The number of amides is 1. The summed E-state index contributed by atoms with van der Waals surface area (Å²) >= 11 is 0. The average molecular weight is 161 g/mol. The SMILES string of the molecule is COC(=O)CC(N)C(=O)NN. The summed E-state index contributed by atoms with van der Waals surface area (Å²) in [5.41, 5.74) is 7.03. The Hall–Kier alpha value is -1.14.